The van der Waals surface area contributed by atoms with Crippen molar-refractivity contribution in [1.82, 2.24) is 4.57 Å². The molecule has 0 aliphatic carbocycles. The van der Waals surface area contributed by atoms with Crippen LogP contribution in [0.2, 0.25) is 0 Å². The minimum Gasteiger partial charge on any atom is -0.366 e. The van der Waals surface area contributed by atoms with Crippen molar-refractivity contribution in [3.63, 3.8) is 0 Å². The molecule has 3 rings (SSSR count). The van der Waals surface area contributed by atoms with Crippen LogP contribution in [0.5, 0.6) is 0 Å². The fourth-order valence-corrected chi connectivity index (χ4v) is 3.33. The summed E-state index contributed by atoms with van der Waals surface area (Å²) < 4.78 is 2.32. The molecule has 0 saturated heterocycles. The number of rotatable bonds is 6. The van der Waals surface area contributed by atoms with E-state index in [1.54, 1.807) is 0 Å². The summed E-state index contributed by atoms with van der Waals surface area (Å²) in [5.41, 5.74) is 13.0. The highest BCUT2D eigenvalue weighted by Crippen LogP contribution is 2.29. The number of nitrogens with two attached hydrogens (primary N) is 1. The van der Waals surface area contributed by atoms with Crippen LogP contribution in [-0.2, 0) is 6.42 Å². The third kappa shape index (κ3) is 3.57. The van der Waals surface area contributed by atoms with E-state index in [0.29, 0.717) is 5.56 Å². The molecule has 0 unspecified atom stereocenters. The Morgan fingerprint density at radius 2 is 1.73 bits per heavy atom. The molecule has 134 valence electrons. The summed E-state index contributed by atoms with van der Waals surface area (Å²) >= 11 is 0. The summed E-state index contributed by atoms with van der Waals surface area (Å²) in [5, 5.41) is 0. The van der Waals surface area contributed by atoms with Gasteiger partial charge in [0.15, 0.2) is 0 Å². The molecule has 0 radical (unpaired) electrons. The first-order chi connectivity index (χ1) is 12.5. The second-order valence-corrected chi connectivity index (χ2v) is 6.88. The second kappa shape index (κ2) is 7.61. The number of carbonyl (C=O) groups is 1. The fourth-order valence-electron chi connectivity index (χ4n) is 3.33. The number of aryl methyl sites for hydroxylation is 3. The molecule has 0 atom stereocenters. The van der Waals surface area contributed by atoms with E-state index in [1.165, 1.54) is 22.5 Å². The Bertz CT molecular complexity index is 920. The van der Waals surface area contributed by atoms with E-state index in [4.69, 9.17) is 5.73 Å². The number of amides is 1. The molecule has 3 nitrogen and oxygen atoms in total. The van der Waals surface area contributed by atoms with Crippen molar-refractivity contribution in [2.24, 2.45) is 5.73 Å². The number of unbranched alkanes of at least 4 members (excludes halogenated alkanes) is 1. The molecule has 0 saturated carbocycles. The maximum atomic E-state index is 11.5. The zero-order chi connectivity index (χ0) is 18.7. The highest BCUT2D eigenvalue weighted by Gasteiger charge is 2.14. The number of hydrogen-bond donors (Lipinski definition) is 1. The van der Waals surface area contributed by atoms with Crippen LogP contribution in [0.4, 0.5) is 0 Å². The quantitative estimate of drug-likeness (QED) is 0.655. The van der Waals surface area contributed by atoms with Crippen LogP contribution in [0.15, 0.2) is 54.6 Å². The van der Waals surface area contributed by atoms with Gasteiger partial charge in [0, 0.05) is 16.9 Å². The lowest BCUT2D eigenvalue weighted by atomic mass is 10.1. The summed E-state index contributed by atoms with van der Waals surface area (Å²) in [5.74, 6) is -0.392. The van der Waals surface area contributed by atoms with E-state index >= 15 is 0 Å². The van der Waals surface area contributed by atoms with Gasteiger partial charge in [0.05, 0.1) is 5.69 Å². The van der Waals surface area contributed by atoms with Crippen LogP contribution >= 0.6 is 0 Å². The predicted molar refractivity (Wildman–Crippen MR) is 108 cm³/mol. The van der Waals surface area contributed by atoms with Crippen molar-refractivity contribution in [3.8, 4) is 16.9 Å². The summed E-state index contributed by atoms with van der Waals surface area (Å²) in [4.78, 5) is 11.5. The summed E-state index contributed by atoms with van der Waals surface area (Å²) in [6.45, 7) is 6.34. The van der Waals surface area contributed by atoms with E-state index in [0.717, 1.165) is 30.5 Å². The molecule has 26 heavy (non-hydrogen) atoms. The zero-order valence-corrected chi connectivity index (χ0v) is 15.8. The first-order valence-electron chi connectivity index (χ1n) is 9.19. The van der Waals surface area contributed by atoms with Crippen molar-refractivity contribution < 1.29 is 4.79 Å². The van der Waals surface area contributed by atoms with Gasteiger partial charge in [-0.05, 0) is 68.1 Å². The van der Waals surface area contributed by atoms with Crippen LogP contribution in [0.1, 0.15) is 46.9 Å². The first-order valence-corrected chi connectivity index (χ1v) is 9.19. The molecule has 1 aromatic heterocycles. The Kier molecular flexibility index (Phi) is 5.27. The Labute approximate surface area is 155 Å². The number of carbonyl (C=O) groups excluding carboxylic acids is 1. The van der Waals surface area contributed by atoms with Gasteiger partial charge in [-0.2, -0.15) is 0 Å². The van der Waals surface area contributed by atoms with Crippen molar-refractivity contribution in [1.29, 1.82) is 0 Å². The molecular weight excluding hydrogens is 320 g/mol. The Morgan fingerprint density at radius 1 is 1.00 bits per heavy atom. The molecule has 3 aromatic rings. The number of benzene rings is 2. The van der Waals surface area contributed by atoms with Gasteiger partial charge in [-0.25, -0.2) is 0 Å². The van der Waals surface area contributed by atoms with Gasteiger partial charge in [0.1, 0.15) is 0 Å². The van der Waals surface area contributed by atoms with Crippen LogP contribution in [0, 0.1) is 13.8 Å². The summed E-state index contributed by atoms with van der Waals surface area (Å²) in [6.07, 6.45) is 3.33. The molecule has 0 aliphatic rings. The fraction of sp³-hybridized carbons (Fsp3) is 0.261. The van der Waals surface area contributed by atoms with E-state index < -0.39 is 5.91 Å². The SMILES string of the molecule is CCCCc1ccc(-c2ccc(C)cc2)n1-c1ccc(C(N)=O)cc1C. The molecule has 0 aliphatic heterocycles. The van der Waals surface area contributed by atoms with Crippen molar-refractivity contribution >= 4 is 5.91 Å². The Balaban J connectivity index is 2.15. The van der Waals surface area contributed by atoms with Gasteiger partial charge in [0.25, 0.3) is 0 Å². The lowest BCUT2D eigenvalue weighted by molar-refractivity contribution is 0.1000. The smallest absolute Gasteiger partial charge is 0.248 e. The third-order valence-electron chi connectivity index (χ3n) is 4.82. The molecule has 1 heterocycles. The minimum absolute atomic E-state index is 0.392. The topological polar surface area (TPSA) is 48.0 Å². The van der Waals surface area contributed by atoms with Gasteiger partial charge < -0.3 is 10.3 Å². The van der Waals surface area contributed by atoms with Gasteiger partial charge in [-0.3, -0.25) is 4.79 Å². The van der Waals surface area contributed by atoms with Crippen LogP contribution in [-0.4, -0.2) is 10.5 Å². The Morgan fingerprint density at radius 3 is 2.35 bits per heavy atom. The second-order valence-electron chi connectivity index (χ2n) is 6.88. The first kappa shape index (κ1) is 18.0. The van der Waals surface area contributed by atoms with Crippen LogP contribution in [0.25, 0.3) is 16.9 Å². The third-order valence-corrected chi connectivity index (χ3v) is 4.82. The number of hydrogen-bond acceptors (Lipinski definition) is 1. The predicted octanol–water partition coefficient (Wildman–Crippen LogP) is 5.20. The van der Waals surface area contributed by atoms with Crippen LogP contribution < -0.4 is 5.73 Å². The lowest BCUT2D eigenvalue weighted by Crippen LogP contribution is -2.12. The molecule has 0 fully saturated rings. The number of aromatic nitrogens is 1. The molecule has 3 heteroatoms. The normalized spacial score (nSPS) is 10.9. The average molecular weight is 346 g/mol. The average Bonchev–Trinajstić information content (AvgIpc) is 3.04. The van der Waals surface area contributed by atoms with E-state index in [2.05, 4.69) is 54.8 Å². The van der Waals surface area contributed by atoms with Crippen molar-refractivity contribution in [3.05, 3.63) is 77.0 Å². The van der Waals surface area contributed by atoms with E-state index in [1.807, 2.05) is 25.1 Å². The highest BCUT2D eigenvalue weighted by molar-refractivity contribution is 5.93. The van der Waals surface area contributed by atoms with E-state index in [9.17, 15) is 4.79 Å². The lowest BCUT2D eigenvalue weighted by Gasteiger charge is -2.17. The molecule has 2 N–H and O–H groups in total. The summed E-state index contributed by atoms with van der Waals surface area (Å²) in [7, 11) is 0. The van der Waals surface area contributed by atoms with Gasteiger partial charge in [-0.1, -0.05) is 43.2 Å². The summed E-state index contributed by atoms with van der Waals surface area (Å²) in [6, 6.07) is 18.7. The van der Waals surface area contributed by atoms with Gasteiger partial charge in [-0.15, -0.1) is 0 Å². The standard InChI is InChI=1S/C23H26N2O/c1-4-5-6-20-12-14-22(18-9-7-16(2)8-10-18)25(20)21-13-11-19(23(24)26)15-17(21)3/h7-15H,4-6H2,1-3H3,(H2,24,26). The monoisotopic (exact) mass is 346 g/mol. The molecular formula is C23H26N2O. The van der Waals surface area contributed by atoms with Crippen molar-refractivity contribution in [2.75, 3.05) is 0 Å². The maximum Gasteiger partial charge on any atom is 0.248 e. The molecule has 1 amide bonds. The van der Waals surface area contributed by atoms with Crippen molar-refractivity contribution in [2.45, 2.75) is 40.0 Å². The van der Waals surface area contributed by atoms with Crippen LogP contribution in [0.3, 0.4) is 0 Å². The number of primary amides is 1. The Hall–Kier alpha value is -2.81. The zero-order valence-electron chi connectivity index (χ0n) is 15.8. The molecule has 2 aromatic carbocycles. The minimum atomic E-state index is -0.392. The van der Waals surface area contributed by atoms with Gasteiger partial charge >= 0.3 is 0 Å². The molecule has 0 bridgehead atoms. The van der Waals surface area contributed by atoms with E-state index in [-0.39, 0.29) is 0 Å². The molecule has 0 spiro atoms. The van der Waals surface area contributed by atoms with Gasteiger partial charge in [0.2, 0.25) is 5.91 Å². The maximum absolute atomic E-state index is 11.5. The highest BCUT2D eigenvalue weighted by atomic mass is 16.1. The number of nitrogens with zero attached hydrogens (tertiary/aromatic N) is 1. The largest absolute Gasteiger partial charge is 0.366 e.